The average molecular weight is 284 g/mol. The molecule has 20 heavy (non-hydrogen) atoms. The van der Waals surface area contributed by atoms with Crippen LogP contribution in [0.3, 0.4) is 0 Å². The van der Waals surface area contributed by atoms with E-state index >= 15 is 0 Å². The molecule has 0 saturated heterocycles. The van der Waals surface area contributed by atoms with Gasteiger partial charge in [0.25, 0.3) is 0 Å². The lowest BCUT2D eigenvalue weighted by atomic mass is 9.89. The second-order valence-corrected chi connectivity index (χ2v) is 6.86. The van der Waals surface area contributed by atoms with Crippen LogP contribution in [0.15, 0.2) is 0 Å². The quantitative estimate of drug-likeness (QED) is 0.375. The normalized spacial score (nSPS) is 16.1. The van der Waals surface area contributed by atoms with Crippen LogP contribution in [0.2, 0.25) is 0 Å². The Kier molecular flexibility index (Phi) is 13.9. The maximum absolute atomic E-state index is 3.84. The molecule has 0 amide bonds. The Balaban J connectivity index is 3.89. The summed E-state index contributed by atoms with van der Waals surface area (Å²) in [7, 11) is 0. The maximum Gasteiger partial charge on any atom is 0.00925 e. The van der Waals surface area contributed by atoms with Gasteiger partial charge in [-0.1, -0.05) is 79.6 Å². The van der Waals surface area contributed by atoms with E-state index in [0.29, 0.717) is 0 Å². The van der Waals surface area contributed by atoms with Gasteiger partial charge in [-0.2, -0.15) is 0 Å². The lowest BCUT2D eigenvalue weighted by Crippen LogP contribution is -2.35. The second-order valence-electron chi connectivity index (χ2n) is 6.86. The van der Waals surface area contributed by atoms with Crippen LogP contribution in [0.5, 0.6) is 0 Å². The van der Waals surface area contributed by atoms with Crippen LogP contribution in [0.4, 0.5) is 0 Å². The summed E-state index contributed by atoms with van der Waals surface area (Å²) in [6.07, 6.45) is 13.7. The molecule has 0 heterocycles. The highest BCUT2D eigenvalue weighted by Gasteiger charge is 2.16. The van der Waals surface area contributed by atoms with Crippen molar-refractivity contribution >= 4 is 0 Å². The van der Waals surface area contributed by atoms with E-state index in [1.165, 1.54) is 70.8 Å². The monoisotopic (exact) mass is 283 g/mol. The van der Waals surface area contributed by atoms with Gasteiger partial charge in [0, 0.05) is 6.04 Å². The minimum atomic E-state index is 0.746. The molecule has 3 unspecified atom stereocenters. The van der Waals surface area contributed by atoms with Crippen LogP contribution in [0, 0.1) is 11.8 Å². The Hall–Kier alpha value is -0.0400. The SMILES string of the molecule is CCCCCCNC(CCC)C(C)CCC(C)CCC. The molecule has 0 spiro atoms. The third kappa shape index (κ3) is 10.7. The highest BCUT2D eigenvalue weighted by atomic mass is 14.9. The van der Waals surface area contributed by atoms with Gasteiger partial charge in [-0.25, -0.2) is 0 Å². The molecule has 0 rings (SSSR count). The summed E-state index contributed by atoms with van der Waals surface area (Å²) in [5.41, 5.74) is 0. The van der Waals surface area contributed by atoms with E-state index in [4.69, 9.17) is 0 Å². The lowest BCUT2D eigenvalue weighted by molar-refractivity contribution is 0.308. The molecule has 0 aliphatic heterocycles. The molecule has 0 aromatic heterocycles. The van der Waals surface area contributed by atoms with E-state index in [0.717, 1.165) is 17.9 Å². The van der Waals surface area contributed by atoms with Crippen molar-refractivity contribution < 1.29 is 0 Å². The topological polar surface area (TPSA) is 12.0 Å². The van der Waals surface area contributed by atoms with E-state index < -0.39 is 0 Å². The summed E-state index contributed by atoms with van der Waals surface area (Å²) >= 11 is 0. The summed E-state index contributed by atoms with van der Waals surface area (Å²) < 4.78 is 0. The summed E-state index contributed by atoms with van der Waals surface area (Å²) in [6.45, 7) is 13.0. The first-order valence-corrected chi connectivity index (χ1v) is 9.38. The minimum absolute atomic E-state index is 0.746. The number of hydrogen-bond donors (Lipinski definition) is 1. The van der Waals surface area contributed by atoms with Crippen molar-refractivity contribution in [1.29, 1.82) is 0 Å². The Bertz CT molecular complexity index is 190. The highest BCUT2D eigenvalue weighted by molar-refractivity contribution is 4.74. The Labute approximate surface area is 129 Å². The standard InChI is InChI=1S/C19H41N/c1-6-9-10-11-16-20-19(13-8-3)18(5)15-14-17(4)12-7-2/h17-20H,6-16H2,1-5H3. The van der Waals surface area contributed by atoms with Crippen LogP contribution in [-0.2, 0) is 0 Å². The van der Waals surface area contributed by atoms with Gasteiger partial charge >= 0.3 is 0 Å². The second kappa shape index (κ2) is 13.9. The molecule has 0 saturated carbocycles. The minimum Gasteiger partial charge on any atom is -0.314 e. The highest BCUT2D eigenvalue weighted by Crippen LogP contribution is 2.21. The maximum atomic E-state index is 3.84. The molecule has 1 heteroatoms. The molecular formula is C19H41N. The predicted molar refractivity (Wildman–Crippen MR) is 93.3 cm³/mol. The van der Waals surface area contributed by atoms with Crippen molar-refractivity contribution in [2.24, 2.45) is 11.8 Å². The van der Waals surface area contributed by atoms with E-state index in [1.54, 1.807) is 0 Å². The molecule has 1 nitrogen and oxygen atoms in total. The summed E-state index contributed by atoms with van der Waals surface area (Å²) in [5.74, 6) is 1.75. The first-order chi connectivity index (χ1) is 9.65. The van der Waals surface area contributed by atoms with Gasteiger partial charge in [0.1, 0.15) is 0 Å². The van der Waals surface area contributed by atoms with Gasteiger partial charge in [-0.3, -0.25) is 0 Å². The zero-order valence-electron chi connectivity index (χ0n) is 15.0. The molecule has 3 atom stereocenters. The lowest BCUT2D eigenvalue weighted by Gasteiger charge is -2.26. The predicted octanol–water partition coefficient (Wildman–Crippen LogP) is 6.18. The van der Waals surface area contributed by atoms with Gasteiger partial charge < -0.3 is 5.32 Å². The Morgan fingerprint density at radius 3 is 2.00 bits per heavy atom. The van der Waals surface area contributed by atoms with Crippen molar-refractivity contribution in [2.45, 2.75) is 105 Å². The van der Waals surface area contributed by atoms with Crippen LogP contribution in [0.25, 0.3) is 0 Å². The van der Waals surface area contributed by atoms with Crippen LogP contribution in [0.1, 0.15) is 98.8 Å². The largest absolute Gasteiger partial charge is 0.314 e. The molecule has 0 aromatic rings. The van der Waals surface area contributed by atoms with E-state index in [-0.39, 0.29) is 0 Å². The molecule has 1 N–H and O–H groups in total. The van der Waals surface area contributed by atoms with Crippen molar-refractivity contribution in [3.05, 3.63) is 0 Å². The van der Waals surface area contributed by atoms with Gasteiger partial charge in [0.2, 0.25) is 0 Å². The first-order valence-electron chi connectivity index (χ1n) is 9.38. The molecule has 0 radical (unpaired) electrons. The van der Waals surface area contributed by atoms with Gasteiger partial charge in [-0.05, 0) is 37.6 Å². The zero-order valence-corrected chi connectivity index (χ0v) is 15.0. The van der Waals surface area contributed by atoms with E-state index in [1.807, 2.05) is 0 Å². The third-order valence-electron chi connectivity index (χ3n) is 4.62. The molecule has 0 aliphatic carbocycles. The van der Waals surface area contributed by atoms with Gasteiger partial charge in [0.15, 0.2) is 0 Å². The number of hydrogen-bond acceptors (Lipinski definition) is 1. The van der Waals surface area contributed by atoms with Crippen molar-refractivity contribution in [3.63, 3.8) is 0 Å². The summed E-state index contributed by atoms with van der Waals surface area (Å²) in [5, 5.41) is 3.84. The molecule has 0 aromatic carbocycles. The summed E-state index contributed by atoms with van der Waals surface area (Å²) in [6, 6.07) is 0.746. The number of unbranched alkanes of at least 4 members (excludes halogenated alkanes) is 3. The van der Waals surface area contributed by atoms with Crippen molar-refractivity contribution in [1.82, 2.24) is 5.32 Å². The van der Waals surface area contributed by atoms with Crippen LogP contribution in [-0.4, -0.2) is 12.6 Å². The van der Waals surface area contributed by atoms with Gasteiger partial charge in [-0.15, -0.1) is 0 Å². The smallest absolute Gasteiger partial charge is 0.00925 e. The fraction of sp³-hybridized carbons (Fsp3) is 1.00. The molecular weight excluding hydrogens is 242 g/mol. The average Bonchev–Trinajstić information content (AvgIpc) is 2.43. The van der Waals surface area contributed by atoms with Crippen LogP contribution < -0.4 is 5.32 Å². The number of nitrogens with one attached hydrogen (secondary N) is 1. The molecule has 0 bridgehead atoms. The molecule has 0 aliphatic rings. The molecule has 0 fully saturated rings. The fourth-order valence-electron chi connectivity index (χ4n) is 3.12. The first kappa shape index (κ1) is 20.0. The van der Waals surface area contributed by atoms with E-state index in [9.17, 15) is 0 Å². The van der Waals surface area contributed by atoms with Gasteiger partial charge in [0.05, 0.1) is 0 Å². The fourth-order valence-corrected chi connectivity index (χ4v) is 3.12. The third-order valence-corrected chi connectivity index (χ3v) is 4.62. The Morgan fingerprint density at radius 2 is 1.40 bits per heavy atom. The van der Waals surface area contributed by atoms with Crippen molar-refractivity contribution in [2.75, 3.05) is 6.54 Å². The zero-order chi connectivity index (χ0) is 15.2. The van der Waals surface area contributed by atoms with Crippen molar-refractivity contribution in [3.8, 4) is 0 Å². The molecule has 122 valence electrons. The van der Waals surface area contributed by atoms with E-state index in [2.05, 4.69) is 39.9 Å². The number of rotatable bonds is 14. The Morgan fingerprint density at radius 1 is 0.700 bits per heavy atom. The van der Waals surface area contributed by atoms with Crippen LogP contribution >= 0.6 is 0 Å². The summed E-state index contributed by atoms with van der Waals surface area (Å²) in [4.78, 5) is 0.